The first-order chi connectivity index (χ1) is 8.24. The molecule has 2 aromatic heterocycles. The number of aromatic nitrogens is 3. The van der Waals surface area contributed by atoms with Gasteiger partial charge in [0.2, 0.25) is 0 Å². The van der Waals surface area contributed by atoms with Gasteiger partial charge in [0.05, 0.1) is 24.3 Å². The van der Waals surface area contributed by atoms with E-state index in [4.69, 9.17) is 5.73 Å². The molecular weight excluding hydrogens is 216 g/mol. The smallest absolute Gasteiger partial charge is 0.162 e. The molecule has 17 heavy (non-hydrogen) atoms. The molecule has 5 nitrogen and oxygen atoms in total. The zero-order chi connectivity index (χ0) is 11.8. The van der Waals surface area contributed by atoms with Crippen LogP contribution in [0, 0.1) is 0 Å². The van der Waals surface area contributed by atoms with E-state index < -0.39 is 0 Å². The lowest BCUT2D eigenvalue weighted by atomic mass is 10.1. The number of hydrogen-bond donors (Lipinski definition) is 2. The van der Waals surface area contributed by atoms with E-state index in [1.54, 1.807) is 41.3 Å². The predicted molar refractivity (Wildman–Crippen MR) is 64.5 cm³/mol. The van der Waals surface area contributed by atoms with Gasteiger partial charge in [0.15, 0.2) is 5.65 Å². The third kappa shape index (κ3) is 1.57. The molecule has 0 unspecified atom stereocenters. The third-order valence-electron chi connectivity index (χ3n) is 2.53. The van der Waals surface area contributed by atoms with Gasteiger partial charge in [-0.25, -0.2) is 9.50 Å². The van der Waals surface area contributed by atoms with Crippen molar-refractivity contribution in [3.05, 3.63) is 42.9 Å². The van der Waals surface area contributed by atoms with Crippen LogP contribution in [0.15, 0.2) is 42.9 Å². The van der Waals surface area contributed by atoms with Gasteiger partial charge in [0.1, 0.15) is 5.75 Å². The number of phenols is 1. The first-order valence-corrected chi connectivity index (χ1v) is 5.12. The highest BCUT2D eigenvalue weighted by Gasteiger charge is 2.08. The van der Waals surface area contributed by atoms with Crippen molar-refractivity contribution >= 4 is 11.3 Å². The number of nitrogen functional groups attached to an aromatic ring is 1. The summed E-state index contributed by atoms with van der Waals surface area (Å²) in [5.41, 5.74) is 8.64. The second kappa shape index (κ2) is 3.48. The van der Waals surface area contributed by atoms with Crippen molar-refractivity contribution in [2.75, 3.05) is 5.73 Å². The molecule has 3 N–H and O–H groups in total. The van der Waals surface area contributed by atoms with Crippen molar-refractivity contribution in [3.63, 3.8) is 0 Å². The van der Waals surface area contributed by atoms with E-state index in [9.17, 15) is 5.11 Å². The highest BCUT2D eigenvalue weighted by atomic mass is 16.3. The molecule has 0 radical (unpaired) electrons. The van der Waals surface area contributed by atoms with Crippen molar-refractivity contribution in [2.45, 2.75) is 0 Å². The minimum atomic E-state index is 0.220. The topological polar surface area (TPSA) is 76.4 Å². The van der Waals surface area contributed by atoms with Crippen molar-refractivity contribution < 1.29 is 5.11 Å². The molecule has 0 aliphatic rings. The Morgan fingerprint density at radius 3 is 2.94 bits per heavy atom. The molecule has 3 rings (SSSR count). The summed E-state index contributed by atoms with van der Waals surface area (Å²) in [7, 11) is 0. The molecule has 0 atom stereocenters. The fourth-order valence-electron chi connectivity index (χ4n) is 1.77. The average molecular weight is 226 g/mol. The summed E-state index contributed by atoms with van der Waals surface area (Å²) >= 11 is 0. The van der Waals surface area contributed by atoms with Crippen LogP contribution in [0.5, 0.6) is 5.75 Å². The summed E-state index contributed by atoms with van der Waals surface area (Å²) in [4.78, 5) is 4.24. The van der Waals surface area contributed by atoms with Crippen molar-refractivity contribution in [1.82, 2.24) is 14.6 Å². The Bertz CT molecular complexity index is 690. The zero-order valence-electron chi connectivity index (χ0n) is 8.91. The van der Waals surface area contributed by atoms with Gasteiger partial charge in [0.25, 0.3) is 0 Å². The van der Waals surface area contributed by atoms with Crippen molar-refractivity contribution in [2.24, 2.45) is 0 Å². The lowest BCUT2D eigenvalue weighted by molar-refractivity contribution is 0.475. The number of hydrogen-bond acceptors (Lipinski definition) is 4. The molecule has 0 saturated carbocycles. The van der Waals surface area contributed by atoms with Crippen molar-refractivity contribution in [1.29, 1.82) is 0 Å². The van der Waals surface area contributed by atoms with Crippen LogP contribution < -0.4 is 5.73 Å². The summed E-state index contributed by atoms with van der Waals surface area (Å²) in [5, 5.41) is 13.6. The molecule has 84 valence electrons. The fourth-order valence-corrected chi connectivity index (χ4v) is 1.77. The zero-order valence-corrected chi connectivity index (χ0v) is 8.91. The van der Waals surface area contributed by atoms with Gasteiger partial charge in [-0.05, 0) is 17.7 Å². The Morgan fingerprint density at radius 1 is 1.24 bits per heavy atom. The van der Waals surface area contributed by atoms with Crippen molar-refractivity contribution in [3.8, 4) is 16.9 Å². The van der Waals surface area contributed by atoms with Crippen LogP contribution in [-0.4, -0.2) is 19.7 Å². The summed E-state index contributed by atoms with van der Waals surface area (Å²) in [5.74, 6) is 0.220. The Hall–Kier alpha value is -2.56. The number of phenolic OH excluding ortho intramolecular Hbond substituents is 1. The first kappa shape index (κ1) is 9.65. The minimum absolute atomic E-state index is 0.220. The van der Waals surface area contributed by atoms with Crippen LogP contribution in [0.25, 0.3) is 16.8 Å². The normalized spacial score (nSPS) is 10.8. The molecule has 0 spiro atoms. The van der Waals surface area contributed by atoms with Crippen LogP contribution in [0.3, 0.4) is 0 Å². The molecule has 0 fully saturated rings. The number of rotatable bonds is 1. The van der Waals surface area contributed by atoms with E-state index in [1.807, 2.05) is 6.07 Å². The van der Waals surface area contributed by atoms with E-state index >= 15 is 0 Å². The highest BCUT2D eigenvalue weighted by Crippen LogP contribution is 2.26. The van der Waals surface area contributed by atoms with Gasteiger partial charge < -0.3 is 10.8 Å². The van der Waals surface area contributed by atoms with E-state index in [1.165, 1.54) is 0 Å². The van der Waals surface area contributed by atoms with Gasteiger partial charge in [-0.15, -0.1) is 0 Å². The van der Waals surface area contributed by atoms with Crippen LogP contribution in [0.1, 0.15) is 0 Å². The van der Waals surface area contributed by atoms with E-state index in [2.05, 4.69) is 10.1 Å². The molecule has 0 aliphatic heterocycles. The lowest BCUT2D eigenvalue weighted by Gasteiger charge is -2.00. The third-order valence-corrected chi connectivity index (χ3v) is 2.53. The minimum Gasteiger partial charge on any atom is -0.508 e. The van der Waals surface area contributed by atoms with Crippen LogP contribution >= 0.6 is 0 Å². The summed E-state index contributed by atoms with van der Waals surface area (Å²) < 4.78 is 1.62. The number of benzene rings is 1. The van der Waals surface area contributed by atoms with Crippen LogP contribution in [0.4, 0.5) is 5.69 Å². The fraction of sp³-hybridized carbons (Fsp3) is 0. The maximum atomic E-state index is 9.46. The van der Waals surface area contributed by atoms with Crippen LogP contribution in [-0.2, 0) is 0 Å². The second-order valence-corrected chi connectivity index (χ2v) is 3.76. The number of nitrogens with two attached hydrogens (primary N) is 1. The largest absolute Gasteiger partial charge is 0.508 e. The molecule has 0 aliphatic carbocycles. The SMILES string of the molecule is Nc1cnc2c(-c3cccc(O)c3)cnn2c1. The van der Waals surface area contributed by atoms with Gasteiger partial charge in [-0.2, -0.15) is 5.10 Å². The van der Waals surface area contributed by atoms with Gasteiger partial charge >= 0.3 is 0 Å². The Kier molecular flexibility index (Phi) is 1.98. The van der Waals surface area contributed by atoms with E-state index in [0.29, 0.717) is 11.3 Å². The summed E-state index contributed by atoms with van der Waals surface area (Å²) in [6.07, 6.45) is 4.99. The highest BCUT2D eigenvalue weighted by molar-refractivity contribution is 5.77. The Balaban J connectivity index is 2.24. The number of anilines is 1. The number of nitrogens with zero attached hydrogens (tertiary/aromatic N) is 3. The van der Waals surface area contributed by atoms with Gasteiger partial charge in [-0.1, -0.05) is 12.1 Å². The Labute approximate surface area is 97.1 Å². The maximum Gasteiger partial charge on any atom is 0.162 e. The van der Waals surface area contributed by atoms with Gasteiger partial charge in [0, 0.05) is 5.56 Å². The lowest BCUT2D eigenvalue weighted by Crippen LogP contribution is -1.94. The van der Waals surface area contributed by atoms with E-state index in [0.717, 1.165) is 11.1 Å². The predicted octanol–water partition coefficient (Wildman–Crippen LogP) is 1.68. The molecule has 1 aromatic carbocycles. The molecule has 0 saturated heterocycles. The summed E-state index contributed by atoms with van der Waals surface area (Å²) in [6, 6.07) is 6.98. The molecular formula is C12H10N4O. The molecule has 2 heterocycles. The molecule has 5 heteroatoms. The Morgan fingerprint density at radius 2 is 2.12 bits per heavy atom. The molecule has 3 aromatic rings. The number of aromatic hydroxyl groups is 1. The monoisotopic (exact) mass is 226 g/mol. The first-order valence-electron chi connectivity index (χ1n) is 5.12. The van der Waals surface area contributed by atoms with E-state index in [-0.39, 0.29) is 5.75 Å². The summed E-state index contributed by atoms with van der Waals surface area (Å²) in [6.45, 7) is 0. The maximum absolute atomic E-state index is 9.46. The van der Waals surface area contributed by atoms with Crippen LogP contribution in [0.2, 0.25) is 0 Å². The molecule has 0 bridgehead atoms. The quantitative estimate of drug-likeness (QED) is 0.662. The average Bonchev–Trinajstić information content (AvgIpc) is 2.71. The standard InChI is InChI=1S/C12H10N4O/c13-9-5-14-12-11(6-15-16(12)7-9)8-2-1-3-10(17)4-8/h1-7,17H,13H2. The molecule has 0 amide bonds. The van der Waals surface area contributed by atoms with Gasteiger partial charge in [-0.3, -0.25) is 0 Å². The second-order valence-electron chi connectivity index (χ2n) is 3.76. The number of fused-ring (bicyclic) bond motifs is 1.